The Bertz CT molecular complexity index is 1340. The Morgan fingerprint density at radius 3 is 2.40 bits per heavy atom. The van der Waals surface area contributed by atoms with Gasteiger partial charge in [0.25, 0.3) is 0 Å². The summed E-state index contributed by atoms with van der Waals surface area (Å²) >= 11 is 0. The molecule has 0 unspecified atom stereocenters. The topological polar surface area (TPSA) is 95.6 Å². The largest absolute Gasteiger partial charge is 0.351 e. The van der Waals surface area contributed by atoms with Gasteiger partial charge in [-0.1, -0.05) is 42.5 Å². The third-order valence-corrected chi connectivity index (χ3v) is 8.08. The lowest BCUT2D eigenvalue weighted by Crippen LogP contribution is -2.53. The predicted octanol–water partition coefficient (Wildman–Crippen LogP) is 3.00. The number of piperidine rings is 1. The molecule has 2 amide bonds. The highest BCUT2D eigenvalue weighted by Gasteiger charge is 2.31. The lowest BCUT2D eigenvalue weighted by molar-refractivity contribution is -0.128. The van der Waals surface area contributed by atoms with E-state index in [1.165, 1.54) is 23.4 Å². The number of nitrogens with one attached hydrogen (secondary N) is 2. The molecule has 1 aliphatic rings. The van der Waals surface area contributed by atoms with Crippen molar-refractivity contribution in [1.82, 2.24) is 14.9 Å². The van der Waals surface area contributed by atoms with Gasteiger partial charge in [-0.3, -0.25) is 9.59 Å². The molecule has 1 saturated heterocycles. The summed E-state index contributed by atoms with van der Waals surface area (Å²) in [6.07, 6.45) is 1.05. The Morgan fingerprint density at radius 1 is 1.00 bits per heavy atom. The summed E-state index contributed by atoms with van der Waals surface area (Å²) in [5.41, 5.74) is 0.593. The van der Waals surface area contributed by atoms with Gasteiger partial charge in [0.1, 0.15) is 11.9 Å². The van der Waals surface area contributed by atoms with Gasteiger partial charge in [0.15, 0.2) is 0 Å². The van der Waals surface area contributed by atoms with Gasteiger partial charge in [-0.15, -0.1) is 0 Å². The Morgan fingerprint density at radius 2 is 1.71 bits per heavy atom. The number of fused-ring (bicyclic) bond motifs is 1. The minimum absolute atomic E-state index is 0.151. The first-order valence-electron chi connectivity index (χ1n) is 11.5. The fourth-order valence-corrected chi connectivity index (χ4v) is 5.88. The second-order valence-electron chi connectivity index (χ2n) is 8.78. The second kappa shape index (κ2) is 10.5. The van der Waals surface area contributed by atoms with Gasteiger partial charge in [-0.05, 0) is 53.4 Å². The highest BCUT2D eigenvalue weighted by atomic mass is 32.2. The average molecular weight is 498 g/mol. The van der Waals surface area contributed by atoms with Crippen LogP contribution in [0, 0.1) is 5.82 Å². The minimum Gasteiger partial charge on any atom is -0.351 e. The normalized spacial score (nSPS) is 16.1. The molecule has 35 heavy (non-hydrogen) atoms. The van der Waals surface area contributed by atoms with Crippen molar-refractivity contribution in [3.8, 4) is 0 Å². The Hall–Kier alpha value is -3.30. The highest BCUT2D eigenvalue weighted by Crippen LogP contribution is 2.24. The molecule has 3 aromatic carbocycles. The molecule has 9 heteroatoms. The van der Waals surface area contributed by atoms with Gasteiger partial charge in [0.2, 0.25) is 21.8 Å². The van der Waals surface area contributed by atoms with Crippen molar-refractivity contribution in [3.63, 3.8) is 0 Å². The van der Waals surface area contributed by atoms with Crippen molar-refractivity contribution in [2.24, 2.45) is 0 Å². The van der Waals surface area contributed by atoms with E-state index in [4.69, 9.17) is 0 Å². The van der Waals surface area contributed by atoms with Crippen molar-refractivity contribution in [2.75, 3.05) is 13.1 Å². The van der Waals surface area contributed by atoms with Crippen molar-refractivity contribution >= 4 is 32.6 Å². The molecule has 1 atom stereocenters. The number of amides is 2. The van der Waals surface area contributed by atoms with Crippen LogP contribution in [0.4, 0.5) is 4.39 Å². The summed E-state index contributed by atoms with van der Waals surface area (Å²) in [5, 5.41) is 7.38. The van der Waals surface area contributed by atoms with E-state index in [1.807, 2.05) is 24.3 Å². The highest BCUT2D eigenvalue weighted by molar-refractivity contribution is 7.89. The Kier molecular flexibility index (Phi) is 7.47. The summed E-state index contributed by atoms with van der Waals surface area (Å²) < 4.78 is 41.3. The molecule has 0 bridgehead atoms. The molecule has 4 rings (SSSR count). The first-order valence-corrected chi connectivity index (χ1v) is 13.0. The number of hydrogen-bond donors (Lipinski definition) is 2. The maximum absolute atomic E-state index is 13.5. The van der Waals surface area contributed by atoms with Crippen LogP contribution in [0.2, 0.25) is 0 Å². The predicted molar refractivity (Wildman–Crippen MR) is 132 cm³/mol. The molecule has 0 radical (unpaired) electrons. The molecule has 1 aliphatic heterocycles. The van der Waals surface area contributed by atoms with Crippen LogP contribution in [0.25, 0.3) is 10.8 Å². The fourth-order valence-electron chi connectivity index (χ4n) is 4.37. The van der Waals surface area contributed by atoms with E-state index in [9.17, 15) is 22.4 Å². The first kappa shape index (κ1) is 24.8. The van der Waals surface area contributed by atoms with Crippen LogP contribution in [-0.2, 0) is 26.0 Å². The summed E-state index contributed by atoms with van der Waals surface area (Å²) in [4.78, 5) is 24.8. The van der Waals surface area contributed by atoms with Crippen molar-refractivity contribution in [2.45, 2.75) is 43.2 Å². The lowest BCUT2D eigenvalue weighted by Gasteiger charge is -2.32. The molecular weight excluding hydrogens is 469 g/mol. The number of hydrogen-bond acceptors (Lipinski definition) is 4. The number of nitrogens with zero attached hydrogens (tertiary/aromatic N) is 1. The summed E-state index contributed by atoms with van der Waals surface area (Å²) in [6.45, 7) is 1.87. The van der Waals surface area contributed by atoms with E-state index < -0.39 is 21.9 Å². The molecule has 0 aromatic heterocycles. The number of halogens is 1. The number of benzene rings is 3. The van der Waals surface area contributed by atoms with Crippen LogP contribution in [0.3, 0.4) is 0 Å². The minimum atomic E-state index is -3.65. The zero-order chi connectivity index (χ0) is 25.0. The molecule has 0 spiro atoms. The van der Waals surface area contributed by atoms with E-state index in [0.29, 0.717) is 18.4 Å². The van der Waals surface area contributed by atoms with E-state index in [0.717, 1.165) is 10.8 Å². The third kappa shape index (κ3) is 6.04. The summed E-state index contributed by atoms with van der Waals surface area (Å²) in [6, 6.07) is 17.5. The summed E-state index contributed by atoms with van der Waals surface area (Å²) in [7, 11) is -3.65. The van der Waals surface area contributed by atoms with E-state index in [2.05, 4.69) is 10.6 Å². The molecule has 7 nitrogen and oxygen atoms in total. The van der Waals surface area contributed by atoms with E-state index in [1.54, 1.807) is 30.3 Å². The maximum Gasteiger partial charge on any atom is 0.243 e. The maximum atomic E-state index is 13.5. The van der Waals surface area contributed by atoms with Crippen molar-refractivity contribution in [3.05, 3.63) is 78.1 Å². The van der Waals surface area contributed by atoms with Crippen LogP contribution in [0.1, 0.15) is 25.3 Å². The van der Waals surface area contributed by atoms with Gasteiger partial charge in [0, 0.05) is 32.5 Å². The first-order chi connectivity index (χ1) is 16.7. The molecule has 184 valence electrons. The molecule has 1 heterocycles. The monoisotopic (exact) mass is 497 g/mol. The number of carbonyl (C=O) groups is 2. The average Bonchev–Trinajstić information content (AvgIpc) is 2.83. The summed E-state index contributed by atoms with van der Waals surface area (Å²) in [5.74, 6) is -1.15. The lowest BCUT2D eigenvalue weighted by atomic mass is 10.0. The SMILES string of the molecule is CC(=O)N[C@@H](Cc1cccc(F)c1)C(=O)NC1CCN(S(=O)(=O)c2ccc3ccccc3c2)CC1. The molecule has 0 aliphatic carbocycles. The van der Waals surface area contributed by atoms with Gasteiger partial charge in [0.05, 0.1) is 4.90 Å². The van der Waals surface area contributed by atoms with Gasteiger partial charge < -0.3 is 10.6 Å². The van der Waals surface area contributed by atoms with Gasteiger partial charge >= 0.3 is 0 Å². The zero-order valence-corrected chi connectivity index (χ0v) is 20.2. The molecular formula is C26H28FN3O4S. The van der Waals surface area contributed by atoms with Gasteiger partial charge in [-0.25, -0.2) is 12.8 Å². The van der Waals surface area contributed by atoms with E-state index in [-0.39, 0.29) is 42.3 Å². The third-order valence-electron chi connectivity index (χ3n) is 6.18. The smallest absolute Gasteiger partial charge is 0.243 e. The molecule has 1 fully saturated rings. The number of rotatable bonds is 7. The standard InChI is InChI=1S/C26H28FN3O4S/c1-18(31)28-25(16-19-5-4-8-22(27)15-19)26(32)29-23-11-13-30(14-12-23)35(33,34)24-10-9-20-6-2-3-7-21(20)17-24/h2-10,15,17,23,25H,11-14,16H2,1H3,(H,28,31)(H,29,32)/t25-/m0/s1. The van der Waals surface area contributed by atoms with Gasteiger partial charge in [-0.2, -0.15) is 4.31 Å². The van der Waals surface area contributed by atoms with Crippen LogP contribution in [0.15, 0.2) is 71.6 Å². The van der Waals surface area contributed by atoms with Crippen LogP contribution < -0.4 is 10.6 Å². The quantitative estimate of drug-likeness (QED) is 0.525. The number of carbonyl (C=O) groups excluding carboxylic acids is 2. The van der Waals surface area contributed by atoms with Crippen molar-refractivity contribution < 1.29 is 22.4 Å². The van der Waals surface area contributed by atoms with Crippen LogP contribution >= 0.6 is 0 Å². The fraction of sp³-hybridized carbons (Fsp3) is 0.308. The van der Waals surface area contributed by atoms with E-state index >= 15 is 0 Å². The Labute approximate surface area is 204 Å². The second-order valence-corrected chi connectivity index (χ2v) is 10.7. The zero-order valence-electron chi connectivity index (χ0n) is 19.4. The molecule has 2 N–H and O–H groups in total. The van der Waals surface area contributed by atoms with Crippen LogP contribution in [-0.4, -0.2) is 49.7 Å². The van der Waals surface area contributed by atoms with Crippen molar-refractivity contribution in [1.29, 1.82) is 0 Å². The molecule has 3 aromatic rings. The number of sulfonamides is 1. The van der Waals surface area contributed by atoms with Crippen LogP contribution in [0.5, 0.6) is 0 Å². The molecule has 0 saturated carbocycles. The Balaban J connectivity index is 1.38.